The number of nitro groups is 1. The Labute approximate surface area is 176 Å². The van der Waals surface area contributed by atoms with Gasteiger partial charge in [0.1, 0.15) is 5.75 Å². The Hall–Kier alpha value is -3.73. The quantitative estimate of drug-likeness (QED) is 0.252. The minimum absolute atomic E-state index is 0.0326. The van der Waals surface area contributed by atoms with Crippen molar-refractivity contribution >= 4 is 23.3 Å². The lowest BCUT2D eigenvalue weighted by molar-refractivity contribution is -0.384. The summed E-state index contributed by atoms with van der Waals surface area (Å²) in [5, 5.41) is 14.3. The SMILES string of the molecule is Cc1cc(=O)c(C(=O)Oc2ccc([N+](=O)[O-])cc2Cl)nn1-c1cccc(C(F)(F)F)c1. The molecule has 0 atom stereocenters. The van der Waals surface area contributed by atoms with Crippen molar-refractivity contribution in [2.24, 2.45) is 0 Å². The molecule has 12 heteroatoms. The zero-order valence-corrected chi connectivity index (χ0v) is 16.3. The van der Waals surface area contributed by atoms with E-state index >= 15 is 0 Å². The van der Waals surface area contributed by atoms with Gasteiger partial charge in [-0.3, -0.25) is 14.9 Å². The number of benzene rings is 2. The number of ether oxygens (including phenoxy) is 1. The third-order valence-electron chi connectivity index (χ3n) is 4.05. The minimum Gasteiger partial charge on any atom is -0.420 e. The van der Waals surface area contributed by atoms with Gasteiger partial charge < -0.3 is 4.74 Å². The van der Waals surface area contributed by atoms with Crippen LogP contribution in [0, 0.1) is 17.0 Å². The molecular formula is C19H11ClF3N3O5. The Balaban J connectivity index is 1.99. The molecule has 160 valence electrons. The van der Waals surface area contributed by atoms with Gasteiger partial charge in [-0.15, -0.1) is 0 Å². The monoisotopic (exact) mass is 453 g/mol. The number of esters is 1. The summed E-state index contributed by atoms with van der Waals surface area (Å²) in [5.41, 5.74) is -2.68. The van der Waals surface area contributed by atoms with E-state index in [0.717, 1.165) is 47.1 Å². The van der Waals surface area contributed by atoms with Gasteiger partial charge in [0.05, 0.1) is 21.2 Å². The molecule has 0 spiro atoms. The average molecular weight is 454 g/mol. The summed E-state index contributed by atoms with van der Waals surface area (Å²) in [4.78, 5) is 34.7. The van der Waals surface area contributed by atoms with Crippen LogP contribution in [0.1, 0.15) is 21.7 Å². The highest BCUT2D eigenvalue weighted by Crippen LogP contribution is 2.31. The fourth-order valence-electron chi connectivity index (χ4n) is 2.60. The molecule has 31 heavy (non-hydrogen) atoms. The predicted octanol–water partition coefficient (Wildman–Crippen LogP) is 4.34. The van der Waals surface area contributed by atoms with Gasteiger partial charge in [-0.25, -0.2) is 9.48 Å². The first-order valence-corrected chi connectivity index (χ1v) is 8.80. The lowest BCUT2D eigenvalue weighted by Crippen LogP contribution is -2.26. The highest BCUT2D eigenvalue weighted by Gasteiger charge is 2.30. The van der Waals surface area contributed by atoms with Gasteiger partial charge in [0.25, 0.3) is 5.69 Å². The number of carbonyl (C=O) groups is 1. The number of aryl methyl sites for hydroxylation is 1. The van der Waals surface area contributed by atoms with E-state index in [1.54, 1.807) is 0 Å². The first-order valence-electron chi connectivity index (χ1n) is 8.42. The maximum absolute atomic E-state index is 13.0. The van der Waals surface area contributed by atoms with Gasteiger partial charge >= 0.3 is 12.1 Å². The molecule has 0 unspecified atom stereocenters. The van der Waals surface area contributed by atoms with E-state index in [1.165, 1.54) is 13.0 Å². The van der Waals surface area contributed by atoms with Crippen molar-refractivity contribution in [2.75, 3.05) is 0 Å². The van der Waals surface area contributed by atoms with Crippen molar-refractivity contribution in [1.29, 1.82) is 0 Å². The lowest BCUT2D eigenvalue weighted by Gasteiger charge is -2.13. The molecule has 0 radical (unpaired) electrons. The van der Waals surface area contributed by atoms with Crippen LogP contribution in [0.25, 0.3) is 5.69 Å². The number of non-ortho nitro benzene ring substituents is 1. The van der Waals surface area contributed by atoms with E-state index in [0.29, 0.717) is 0 Å². The van der Waals surface area contributed by atoms with E-state index in [4.69, 9.17) is 16.3 Å². The highest BCUT2D eigenvalue weighted by atomic mass is 35.5. The fourth-order valence-corrected chi connectivity index (χ4v) is 2.81. The van der Waals surface area contributed by atoms with Crippen LogP contribution in [-0.4, -0.2) is 20.7 Å². The molecule has 8 nitrogen and oxygen atoms in total. The van der Waals surface area contributed by atoms with Gasteiger partial charge in [0.15, 0.2) is 0 Å². The summed E-state index contributed by atoms with van der Waals surface area (Å²) in [6.45, 7) is 1.43. The molecule has 0 N–H and O–H groups in total. The number of halogens is 4. The van der Waals surface area contributed by atoms with Crippen LogP contribution in [0.15, 0.2) is 53.3 Å². The van der Waals surface area contributed by atoms with Crippen LogP contribution >= 0.6 is 11.6 Å². The zero-order chi connectivity index (χ0) is 22.9. The van der Waals surface area contributed by atoms with Crippen LogP contribution in [0.2, 0.25) is 5.02 Å². The number of rotatable bonds is 4. The third-order valence-corrected chi connectivity index (χ3v) is 4.34. The number of hydrogen-bond donors (Lipinski definition) is 0. The van der Waals surface area contributed by atoms with Gasteiger partial charge in [-0.05, 0) is 31.2 Å². The summed E-state index contributed by atoms with van der Waals surface area (Å²) < 4.78 is 45.0. The van der Waals surface area contributed by atoms with Crippen molar-refractivity contribution < 1.29 is 27.6 Å². The minimum atomic E-state index is -4.60. The van der Waals surface area contributed by atoms with Crippen LogP contribution in [0.3, 0.4) is 0 Å². The first-order chi connectivity index (χ1) is 14.5. The molecule has 0 aliphatic heterocycles. The standard InChI is InChI=1S/C19H11ClF3N3O5/c1-10-7-15(27)17(18(28)31-16-6-5-13(26(29)30)9-14(16)20)24-25(10)12-4-2-3-11(8-12)19(21,22)23/h2-9H,1H3. The summed E-state index contributed by atoms with van der Waals surface area (Å²) in [7, 11) is 0. The zero-order valence-electron chi connectivity index (χ0n) is 15.5. The van der Waals surface area contributed by atoms with Crippen LogP contribution in [0.5, 0.6) is 5.75 Å². The third kappa shape index (κ3) is 4.72. The Morgan fingerprint density at radius 1 is 1.19 bits per heavy atom. The van der Waals surface area contributed by atoms with Gasteiger partial charge in [0, 0.05) is 23.9 Å². The maximum atomic E-state index is 13.0. The number of nitrogens with zero attached hydrogens (tertiary/aromatic N) is 3. The number of nitro benzene ring substituents is 1. The molecule has 0 saturated heterocycles. The fraction of sp³-hybridized carbons (Fsp3) is 0.105. The molecule has 1 heterocycles. The average Bonchev–Trinajstić information content (AvgIpc) is 2.68. The lowest BCUT2D eigenvalue weighted by atomic mass is 10.2. The Kier molecular flexibility index (Phi) is 5.80. The van der Waals surface area contributed by atoms with E-state index < -0.39 is 33.8 Å². The van der Waals surface area contributed by atoms with E-state index in [9.17, 15) is 32.9 Å². The largest absolute Gasteiger partial charge is 0.420 e. The molecule has 0 bridgehead atoms. The molecule has 2 aromatic carbocycles. The molecule has 3 aromatic rings. The van der Waals surface area contributed by atoms with Crippen LogP contribution < -0.4 is 10.2 Å². The summed E-state index contributed by atoms with van der Waals surface area (Å²) in [6, 6.07) is 8.23. The number of hydrogen-bond acceptors (Lipinski definition) is 6. The van der Waals surface area contributed by atoms with Crippen molar-refractivity contribution in [3.63, 3.8) is 0 Å². The molecular weight excluding hydrogens is 443 g/mol. The molecule has 0 saturated carbocycles. The van der Waals surface area contributed by atoms with Gasteiger partial charge in [-0.2, -0.15) is 18.3 Å². The highest BCUT2D eigenvalue weighted by molar-refractivity contribution is 6.32. The molecule has 0 aliphatic rings. The van der Waals surface area contributed by atoms with Gasteiger partial charge in [-0.1, -0.05) is 17.7 Å². The van der Waals surface area contributed by atoms with Crippen molar-refractivity contribution in [3.8, 4) is 11.4 Å². The maximum Gasteiger partial charge on any atom is 0.416 e. The first kappa shape index (κ1) is 22.0. The van der Waals surface area contributed by atoms with E-state index in [1.807, 2.05) is 0 Å². The van der Waals surface area contributed by atoms with Crippen LogP contribution in [-0.2, 0) is 6.18 Å². The van der Waals surface area contributed by atoms with Crippen molar-refractivity contribution in [2.45, 2.75) is 13.1 Å². The van der Waals surface area contributed by atoms with Gasteiger partial charge in [0.2, 0.25) is 11.1 Å². The second kappa shape index (κ2) is 8.19. The Morgan fingerprint density at radius 3 is 2.52 bits per heavy atom. The molecule has 1 aromatic heterocycles. The van der Waals surface area contributed by atoms with Crippen LogP contribution in [0.4, 0.5) is 18.9 Å². The second-order valence-electron chi connectivity index (χ2n) is 6.22. The summed E-state index contributed by atoms with van der Waals surface area (Å²) in [5.74, 6) is -1.49. The molecule has 0 amide bonds. The normalized spacial score (nSPS) is 11.3. The van der Waals surface area contributed by atoms with E-state index in [2.05, 4.69) is 5.10 Å². The molecule has 0 fully saturated rings. The number of aromatic nitrogens is 2. The van der Waals surface area contributed by atoms with Crippen molar-refractivity contribution in [1.82, 2.24) is 9.78 Å². The summed E-state index contributed by atoms with van der Waals surface area (Å²) >= 11 is 5.87. The smallest absolute Gasteiger partial charge is 0.416 e. The second-order valence-corrected chi connectivity index (χ2v) is 6.63. The predicted molar refractivity (Wildman–Crippen MR) is 103 cm³/mol. The number of alkyl halides is 3. The Morgan fingerprint density at radius 2 is 1.90 bits per heavy atom. The van der Waals surface area contributed by atoms with E-state index in [-0.39, 0.29) is 27.8 Å². The number of carbonyl (C=O) groups excluding carboxylic acids is 1. The Bertz CT molecular complexity index is 1260. The van der Waals surface area contributed by atoms with Crippen molar-refractivity contribution in [3.05, 3.63) is 90.8 Å². The summed E-state index contributed by atoms with van der Waals surface area (Å²) in [6.07, 6.45) is -4.60. The topological polar surface area (TPSA) is 104 Å². The molecule has 3 rings (SSSR count). The molecule has 0 aliphatic carbocycles.